The number of unbranched alkanes of at least 4 members (excludes halogenated alkanes) is 1. The molecule has 0 radical (unpaired) electrons. The van der Waals surface area contributed by atoms with Crippen LogP contribution >= 0.6 is 0 Å². The minimum atomic E-state index is 0.567. The Morgan fingerprint density at radius 1 is 0.660 bits per heavy atom. The molecule has 5 nitrogen and oxygen atoms in total. The van der Waals surface area contributed by atoms with Gasteiger partial charge in [-0.1, -0.05) is 91.3 Å². The summed E-state index contributed by atoms with van der Waals surface area (Å²) in [6.45, 7) is 15.9. The summed E-state index contributed by atoms with van der Waals surface area (Å²) < 4.78 is 11.1. The lowest BCUT2D eigenvalue weighted by atomic mass is 9.88. The van der Waals surface area contributed by atoms with E-state index >= 15 is 0 Å². The van der Waals surface area contributed by atoms with Crippen LogP contribution in [0, 0.1) is 17.8 Å². The molecule has 0 amide bonds. The van der Waals surface area contributed by atoms with Gasteiger partial charge in [-0.05, 0) is 120 Å². The third-order valence-electron chi connectivity index (χ3n) is 9.96. The summed E-state index contributed by atoms with van der Waals surface area (Å²) in [4.78, 5) is 4.86. The second kappa shape index (κ2) is 15.8. The van der Waals surface area contributed by atoms with Crippen LogP contribution in [-0.4, -0.2) is 19.3 Å². The van der Waals surface area contributed by atoms with Gasteiger partial charge < -0.3 is 4.74 Å². The predicted octanol–water partition coefficient (Wildman–Crippen LogP) is 12.8. The molecule has 0 unspecified atom stereocenters. The van der Waals surface area contributed by atoms with Gasteiger partial charge in [-0.2, -0.15) is 5.10 Å². The number of fused-ring (bicyclic) bond motifs is 3. The number of aryl methyl sites for hydroxylation is 1. The van der Waals surface area contributed by atoms with Gasteiger partial charge in [0.1, 0.15) is 17.3 Å². The standard InChI is InChI=1S/C48H54N4O/c1-8-9-13-35-25-40(51-31-39(30-50-51)48-37(23-33(4)5)14-12-15-38(48)24-34(6)7)28-42(26-35)53-41-18-19-44-43-16-10-11-17-45(43)52(46(44)29-41)47-27-36(20-21-49-47)22-32(2)3/h10-12,14-21,25-34H,8-9,13,22-24H2,1-7H3. The SMILES string of the molecule is CCCCc1cc(Oc2ccc3c4ccccc4n(-c4cc(CC(C)C)ccn4)c3c2)cc(-n2cc(-c3c(CC(C)C)cccc3CC(C)C)cn2)c1. The molecular weight excluding hydrogens is 649 g/mol. The van der Waals surface area contributed by atoms with E-state index in [4.69, 9.17) is 14.8 Å². The smallest absolute Gasteiger partial charge is 0.137 e. The lowest BCUT2D eigenvalue weighted by Gasteiger charge is -2.17. The number of nitrogens with zero attached hydrogens (tertiary/aromatic N) is 4. The fourth-order valence-electron chi connectivity index (χ4n) is 7.77. The molecule has 5 heteroatoms. The highest BCUT2D eigenvalue weighted by atomic mass is 16.5. The number of benzene rings is 4. The van der Waals surface area contributed by atoms with Gasteiger partial charge >= 0.3 is 0 Å². The van der Waals surface area contributed by atoms with Crippen LogP contribution in [0.5, 0.6) is 11.5 Å². The molecule has 4 aromatic carbocycles. The summed E-state index contributed by atoms with van der Waals surface area (Å²) in [5, 5.41) is 7.34. The van der Waals surface area contributed by atoms with E-state index in [2.05, 4.69) is 150 Å². The van der Waals surface area contributed by atoms with Gasteiger partial charge in [0.05, 0.1) is 22.9 Å². The number of aromatic nitrogens is 4. The van der Waals surface area contributed by atoms with E-state index in [1.807, 2.05) is 17.1 Å². The molecule has 272 valence electrons. The Morgan fingerprint density at radius 2 is 1.40 bits per heavy atom. The molecule has 3 aromatic heterocycles. The summed E-state index contributed by atoms with van der Waals surface area (Å²) in [5.74, 6) is 4.24. The minimum Gasteiger partial charge on any atom is -0.457 e. The van der Waals surface area contributed by atoms with Gasteiger partial charge in [0.15, 0.2) is 0 Å². The predicted molar refractivity (Wildman–Crippen MR) is 222 cm³/mol. The van der Waals surface area contributed by atoms with Gasteiger partial charge in [-0.25, -0.2) is 9.67 Å². The molecule has 0 saturated heterocycles. The molecule has 0 bridgehead atoms. The van der Waals surface area contributed by atoms with E-state index in [1.165, 1.54) is 44.2 Å². The maximum Gasteiger partial charge on any atom is 0.137 e. The highest BCUT2D eigenvalue weighted by molar-refractivity contribution is 6.09. The number of ether oxygens (including phenoxy) is 1. The van der Waals surface area contributed by atoms with Gasteiger partial charge in [0.25, 0.3) is 0 Å². The van der Waals surface area contributed by atoms with Crippen molar-refractivity contribution < 1.29 is 4.74 Å². The molecular formula is C48H54N4O. The average molecular weight is 703 g/mol. The second-order valence-corrected chi connectivity index (χ2v) is 16.0. The Hall–Kier alpha value is -5.16. The Balaban J connectivity index is 1.28. The molecule has 7 rings (SSSR count). The van der Waals surface area contributed by atoms with E-state index in [0.29, 0.717) is 17.8 Å². The molecule has 0 atom stereocenters. The molecule has 7 aromatic rings. The molecule has 3 heterocycles. The van der Waals surface area contributed by atoms with E-state index in [1.54, 1.807) is 0 Å². The fraction of sp³-hybridized carbons (Fsp3) is 0.333. The van der Waals surface area contributed by atoms with Gasteiger partial charge in [-0.15, -0.1) is 0 Å². The van der Waals surface area contributed by atoms with Crippen LogP contribution in [0.15, 0.2) is 110 Å². The van der Waals surface area contributed by atoms with Crippen molar-refractivity contribution in [2.75, 3.05) is 0 Å². The third-order valence-corrected chi connectivity index (χ3v) is 9.96. The molecule has 0 aliphatic carbocycles. The maximum absolute atomic E-state index is 6.77. The molecule has 0 aliphatic heterocycles. The number of pyridine rings is 1. The van der Waals surface area contributed by atoms with E-state index in [0.717, 1.165) is 72.6 Å². The quantitative estimate of drug-likeness (QED) is 0.113. The molecule has 0 saturated carbocycles. The van der Waals surface area contributed by atoms with Crippen molar-refractivity contribution in [2.24, 2.45) is 17.8 Å². The zero-order chi connectivity index (χ0) is 37.1. The van der Waals surface area contributed by atoms with Crippen molar-refractivity contribution in [3.05, 3.63) is 132 Å². The second-order valence-electron chi connectivity index (χ2n) is 16.0. The monoisotopic (exact) mass is 702 g/mol. The molecule has 53 heavy (non-hydrogen) atoms. The fourth-order valence-corrected chi connectivity index (χ4v) is 7.77. The first-order valence-electron chi connectivity index (χ1n) is 19.6. The van der Waals surface area contributed by atoms with Gasteiger partial charge in [0, 0.05) is 40.9 Å². The van der Waals surface area contributed by atoms with Gasteiger partial charge in [-0.3, -0.25) is 4.57 Å². The maximum atomic E-state index is 6.77. The highest BCUT2D eigenvalue weighted by Gasteiger charge is 2.18. The number of rotatable bonds is 14. The van der Waals surface area contributed by atoms with Crippen molar-refractivity contribution in [2.45, 2.75) is 87.0 Å². The summed E-state index contributed by atoms with van der Waals surface area (Å²) in [7, 11) is 0. The Kier molecular flexibility index (Phi) is 10.8. The Morgan fingerprint density at radius 3 is 2.13 bits per heavy atom. The average Bonchev–Trinajstić information content (AvgIpc) is 3.73. The lowest BCUT2D eigenvalue weighted by Crippen LogP contribution is -2.03. The summed E-state index contributed by atoms with van der Waals surface area (Å²) >= 11 is 0. The van der Waals surface area contributed by atoms with Crippen LogP contribution in [0.2, 0.25) is 0 Å². The molecule has 0 fully saturated rings. The summed E-state index contributed by atoms with van der Waals surface area (Å²) in [5.41, 5.74) is 11.1. The van der Waals surface area contributed by atoms with Crippen molar-refractivity contribution in [1.29, 1.82) is 0 Å². The van der Waals surface area contributed by atoms with Crippen LogP contribution in [0.4, 0.5) is 0 Å². The van der Waals surface area contributed by atoms with Crippen molar-refractivity contribution >= 4 is 21.8 Å². The van der Waals surface area contributed by atoms with Gasteiger partial charge in [0.2, 0.25) is 0 Å². The highest BCUT2D eigenvalue weighted by Crippen LogP contribution is 2.37. The number of para-hydroxylation sites is 1. The van der Waals surface area contributed by atoms with Crippen molar-refractivity contribution in [3.63, 3.8) is 0 Å². The first-order chi connectivity index (χ1) is 25.7. The van der Waals surface area contributed by atoms with Crippen molar-refractivity contribution in [3.8, 4) is 34.1 Å². The molecule has 0 aliphatic rings. The Labute approximate surface area is 315 Å². The minimum absolute atomic E-state index is 0.567. The van der Waals surface area contributed by atoms with E-state index in [-0.39, 0.29) is 0 Å². The van der Waals surface area contributed by atoms with Crippen LogP contribution in [0.3, 0.4) is 0 Å². The summed E-state index contributed by atoms with van der Waals surface area (Å²) in [6.07, 6.45) is 12.5. The Bertz CT molecular complexity index is 2310. The van der Waals surface area contributed by atoms with Crippen LogP contribution < -0.4 is 4.74 Å². The third kappa shape index (κ3) is 8.10. The lowest BCUT2D eigenvalue weighted by molar-refractivity contribution is 0.482. The first-order valence-corrected chi connectivity index (χ1v) is 19.6. The zero-order valence-electron chi connectivity index (χ0n) is 32.6. The summed E-state index contributed by atoms with van der Waals surface area (Å²) in [6, 6.07) is 32.8. The van der Waals surface area contributed by atoms with Crippen LogP contribution in [0.1, 0.15) is 83.6 Å². The van der Waals surface area contributed by atoms with E-state index in [9.17, 15) is 0 Å². The van der Waals surface area contributed by atoms with E-state index < -0.39 is 0 Å². The topological polar surface area (TPSA) is 44.9 Å². The molecule has 0 N–H and O–H groups in total. The zero-order valence-corrected chi connectivity index (χ0v) is 32.6. The van der Waals surface area contributed by atoms with Crippen LogP contribution in [-0.2, 0) is 25.7 Å². The van der Waals surface area contributed by atoms with Crippen molar-refractivity contribution in [1.82, 2.24) is 19.3 Å². The number of hydrogen-bond acceptors (Lipinski definition) is 3. The molecule has 0 spiro atoms. The normalized spacial score (nSPS) is 11.9. The van der Waals surface area contributed by atoms with Crippen LogP contribution in [0.25, 0.3) is 44.4 Å². The first kappa shape index (κ1) is 36.2. The largest absolute Gasteiger partial charge is 0.457 e. The number of hydrogen-bond donors (Lipinski definition) is 0.